The Kier molecular flexibility index (Phi) is 5.20. The number of hydrogen-bond acceptors (Lipinski definition) is 3. The summed E-state index contributed by atoms with van der Waals surface area (Å²) in [5, 5.41) is 3.44. The molecular formula is C16H26N2O. The predicted molar refractivity (Wildman–Crippen MR) is 78.5 cm³/mol. The van der Waals surface area contributed by atoms with Gasteiger partial charge in [0.1, 0.15) is 0 Å². The number of aryl methyl sites for hydroxylation is 2. The molecule has 0 radical (unpaired) electrons. The standard InChI is InChI=1S/C16H26N2O/c1-4-8-17-11-15-12(2)10-13(3)18-16(15)19-9-7-14-5-6-14/h10,14,17H,4-9,11H2,1-3H3. The Morgan fingerprint density at radius 3 is 2.84 bits per heavy atom. The van der Waals surface area contributed by atoms with Gasteiger partial charge in [0.05, 0.1) is 6.61 Å². The van der Waals surface area contributed by atoms with Crippen molar-refractivity contribution in [3.63, 3.8) is 0 Å². The highest BCUT2D eigenvalue weighted by Gasteiger charge is 2.21. The molecule has 1 fully saturated rings. The molecule has 1 aliphatic rings. The highest BCUT2D eigenvalue weighted by atomic mass is 16.5. The quantitative estimate of drug-likeness (QED) is 0.729. The van der Waals surface area contributed by atoms with E-state index in [4.69, 9.17) is 4.74 Å². The van der Waals surface area contributed by atoms with E-state index in [9.17, 15) is 0 Å². The maximum absolute atomic E-state index is 5.93. The van der Waals surface area contributed by atoms with Gasteiger partial charge in [0, 0.05) is 17.8 Å². The zero-order chi connectivity index (χ0) is 13.7. The van der Waals surface area contributed by atoms with Crippen LogP contribution in [0, 0.1) is 19.8 Å². The number of hydrogen-bond donors (Lipinski definition) is 1. The molecule has 1 heterocycles. The zero-order valence-electron chi connectivity index (χ0n) is 12.5. The van der Waals surface area contributed by atoms with E-state index in [0.717, 1.165) is 43.6 Å². The lowest BCUT2D eigenvalue weighted by Crippen LogP contribution is -2.16. The van der Waals surface area contributed by atoms with Gasteiger partial charge in [-0.15, -0.1) is 0 Å². The molecule has 0 atom stereocenters. The van der Waals surface area contributed by atoms with Crippen molar-refractivity contribution < 1.29 is 4.74 Å². The number of aromatic nitrogens is 1. The first-order chi connectivity index (χ1) is 9.20. The molecule has 0 aliphatic heterocycles. The van der Waals surface area contributed by atoms with Crippen molar-refractivity contribution in [3.8, 4) is 5.88 Å². The normalized spacial score (nSPS) is 14.7. The fourth-order valence-corrected chi connectivity index (χ4v) is 2.28. The van der Waals surface area contributed by atoms with Gasteiger partial charge in [-0.05, 0) is 50.8 Å². The van der Waals surface area contributed by atoms with Gasteiger partial charge in [-0.1, -0.05) is 19.8 Å². The molecular weight excluding hydrogens is 236 g/mol. The summed E-state index contributed by atoms with van der Waals surface area (Å²) in [7, 11) is 0. The summed E-state index contributed by atoms with van der Waals surface area (Å²) in [6, 6.07) is 2.14. The lowest BCUT2D eigenvalue weighted by molar-refractivity contribution is 0.286. The first-order valence-electron chi connectivity index (χ1n) is 7.51. The number of rotatable bonds is 8. The molecule has 0 spiro atoms. The summed E-state index contributed by atoms with van der Waals surface area (Å²) in [6.07, 6.45) is 5.09. The lowest BCUT2D eigenvalue weighted by atomic mass is 10.1. The Balaban J connectivity index is 1.99. The van der Waals surface area contributed by atoms with Crippen LogP contribution in [0.1, 0.15) is 49.4 Å². The monoisotopic (exact) mass is 262 g/mol. The Bertz CT molecular complexity index is 413. The molecule has 1 aromatic heterocycles. The highest BCUT2D eigenvalue weighted by molar-refractivity contribution is 5.35. The first kappa shape index (κ1) is 14.3. The molecule has 106 valence electrons. The maximum Gasteiger partial charge on any atom is 0.218 e. The topological polar surface area (TPSA) is 34.2 Å². The van der Waals surface area contributed by atoms with E-state index in [1.54, 1.807) is 0 Å². The van der Waals surface area contributed by atoms with Crippen LogP contribution in [0.5, 0.6) is 5.88 Å². The molecule has 0 amide bonds. The van der Waals surface area contributed by atoms with Crippen LogP contribution in [0.2, 0.25) is 0 Å². The molecule has 1 aliphatic carbocycles. The van der Waals surface area contributed by atoms with Crippen molar-refractivity contribution in [2.45, 2.75) is 53.0 Å². The van der Waals surface area contributed by atoms with E-state index in [1.165, 1.54) is 30.4 Å². The van der Waals surface area contributed by atoms with Crippen molar-refractivity contribution in [3.05, 3.63) is 22.9 Å². The molecule has 3 heteroatoms. The van der Waals surface area contributed by atoms with Crippen LogP contribution >= 0.6 is 0 Å². The van der Waals surface area contributed by atoms with Crippen LogP contribution in [0.3, 0.4) is 0 Å². The van der Waals surface area contributed by atoms with Crippen molar-refractivity contribution in [1.29, 1.82) is 0 Å². The van der Waals surface area contributed by atoms with Gasteiger partial charge in [-0.25, -0.2) is 4.98 Å². The minimum absolute atomic E-state index is 0.807. The lowest BCUT2D eigenvalue weighted by Gasteiger charge is -2.14. The molecule has 1 saturated carbocycles. The van der Waals surface area contributed by atoms with Crippen LogP contribution in [-0.4, -0.2) is 18.1 Å². The Labute approximate surface area is 116 Å². The summed E-state index contributed by atoms with van der Waals surface area (Å²) >= 11 is 0. The molecule has 0 bridgehead atoms. The third-order valence-electron chi connectivity index (χ3n) is 3.63. The van der Waals surface area contributed by atoms with Crippen LogP contribution in [0.15, 0.2) is 6.07 Å². The fraction of sp³-hybridized carbons (Fsp3) is 0.688. The average molecular weight is 262 g/mol. The van der Waals surface area contributed by atoms with E-state index in [0.29, 0.717) is 0 Å². The van der Waals surface area contributed by atoms with Crippen LogP contribution < -0.4 is 10.1 Å². The summed E-state index contributed by atoms with van der Waals surface area (Å²) in [5.41, 5.74) is 3.53. The van der Waals surface area contributed by atoms with E-state index in [-0.39, 0.29) is 0 Å². The van der Waals surface area contributed by atoms with Crippen molar-refractivity contribution in [2.24, 2.45) is 5.92 Å². The van der Waals surface area contributed by atoms with Crippen LogP contribution in [0.25, 0.3) is 0 Å². The minimum atomic E-state index is 0.807. The molecule has 1 N–H and O–H groups in total. The van der Waals surface area contributed by atoms with E-state index in [1.807, 2.05) is 6.92 Å². The fourth-order valence-electron chi connectivity index (χ4n) is 2.28. The number of pyridine rings is 1. The third kappa shape index (κ3) is 4.50. The second-order valence-corrected chi connectivity index (χ2v) is 5.62. The summed E-state index contributed by atoms with van der Waals surface area (Å²) in [4.78, 5) is 4.57. The third-order valence-corrected chi connectivity index (χ3v) is 3.63. The van der Waals surface area contributed by atoms with Gasteiger partial charge in [0.25, 0.3) is 0 Å². The van der Waals surface area contributed by atoms with Gasteiger partial charge in [0.15, 0.2) is 0 Å². The Morgan fingerprint density at radius 1 is 1.37 bits per heavy atom. The van der Waals surface area contributed by atoms with Gasteiger partial charge >= 0.3 is 0 Å². The number of ether oxygens (including phenoxy) is 1. The van der Waals surface area contributed by atoms with Crippen LogP contribution in [0.4, 0.5) is 0 Å². The summed E-state index contributed by atoms with van der Waals surface area (Å²) in [6.45, 7) is 9.05. The second kappa shape index (κ2) is 6.90. The average Bonchev–Trinajstić information content (AvgIpc) is 3.16. The highest BCUT2D eigenvalue weighted by Crippen LogP contribution is 2.32. The number of nitrogens with zero attached hydrogens (tertiary/aromatic N) is 1. The number of nitrogens with one attached hydrogen (secondary N) is 1. The van der Waals surface area contributed by atoms with Crippen molar-refractivity contribution in [2.75, 3.05) is 13.2 Å². The predicted octanol–water partition coefficient (Wildman–Crippen LogP) is 3.38. The molecule has 3 nitrogen and oxygen atoms in total. The molecule has 0 unspecified atom stereocenters. The maximum atomic E-state index is 5.93. The van der Waals surface area contributed by atoms with Gasteiger partial charge in [-0.2, -0.15) is 0 Å². The smallest absolute Gasteiger partial charge is 0.218 e. The molecule has 0 aromatic carbocycles. The SMILES string of the molecule is CCCNCc1c(C)cc(C)nc1OCCC1CC1. The molecule has 2 rings (SSSR count). The molecule has 1 aromatic rings. The minimum Gasteiger partial charge on any atom is -0.477 e. The van der Waals surface area contributed by atoms with Gasteiger partial charge < -0.3 is 10.1 Å². The molecule has 0 saturated heterocycles. The first-order valence-corrected chi connectivity index (χ1v) is 7.51. The zero-order valence-corrected chi connectivity index (χ0v) is 12.5. The van der Waals surface area contributed by atoms with Crippen molar-refractivity contribution in [1.82, 2.24) is 10.3 Å². The Hall–Kier alpha value is -1.09. The van der Waals surface area contributed by atoms with Crippen molar-refractivity contribution >= 4 is 0 Å². The van der Waals surface area contributed by atoms with Gasteiger partial charge in [-0.3, -0.25) is 0 Å². The van der Waals surface area contributed by atoms with Crippen LogP contribution in [-0.2, 0) is 6.54 Å². The van der Waals surface area contributed by atoms with E-state index in [2.05, 4.69) is 30.2 Å². The second-order valence-electron chi connectivity index (χ2n) is 5.62. The largest absolute Gasteiger partial charge is 0.477 e. The van der Waals surface area contributed by atoms with Gasteiger partial charge in [0.2, 0.25) is 5.88 Å². The molecule has 19 heavy (non-hydrogen) atoms. The van der Waals surface area contributed by atoms with E-state index >= 15 is 0 Å². The summed E-state index contributed by atoms with van der Waals surface area (Å²) < 4.78 is 5.93. The Morgan fingerprint density at radius 2 is 2.16 bits per heavy atom. The summed E-state index contributed by atoms with van der Waals surface area (Å²) in [5.74, 6) is 1.74. The van der Waals surface area contributed by atoms with E-state index < -0.39 is 0 Å².